The van der Waals surface area contributed by atoms with E-state index >= 15 is 0 Å². The van der Waals surface area contributed by atoms with Gasteiger partial charge in [0.1, 0.15) is 17.9 Å². The number of nitrogens with zero attached hydrogens (tertiary/aromatic N) is 6. The van der Waals surface area contributed by atoms with Crippen molar-refractivity contribution in [1.82, 2.24) is 18.5 Å². The summed E-state index contributed by atoms with van der Waals surface area (Å²) < 4.78 is 35.3. The van der Waals surface area contributed by atoms with Crippen LogP contribution in [0.3, 0.4) is 0 Å². The first-order valence-electron chi connectivity index (χ1n) is 11.2. The number of aliphatic hydroxyl groups excluding tert-OH is 1. The van der Waals surface area contributed by atoms with Gasteiger partial charge < -0.3 is 15.3 Å². The Morgan fingerprint density at radius 1 is 1.22 bits per heavy atom. The summed E-state index contributed by atoms with van der Waals surface area (Å²) in [5, 5.41) is 18.8. The van der Waals surface area contributed by atoms with Gasteiger partial charge in [-0.15, -0.1) is 0 Å². The van der Waals surface area contributed by atoms with Crippen molar-refractivity contribution in [2.75, 3.05) is 6.54 Å². The molecular formula is C25H21N7O4S. The Morgan fingerprint density at radius 3 is 2.73 bits per heavy atom. The van der Waals surface area contributed by atoms with Crippen molar-refractivity contribution in [2.24, 2.45) is 10.7 Å². The smallest absolute Gasteiger partial charge is 0.269 e. The van der Waals surface area contributed by atoms with Crippen LogP contribution in [0.5, 0.6) is 0 Å². The van der Waals surface area contributed by atoms with E-state index in [0.717, 1.165) is 3.97 Å². The van der Waals surface area contributed by atoms with Crippen LogP contribution in [0.1, 0.15) is 12.2 Å². The molecule has 0 saturated carbocycles. The van der Waals surface area contributed by atoms with Gasteiger partial charge in [0.25, 0.3) is 10.0 Å². The third kappa shape index (κ3) is 4.16. The molecule has 0 fully saturated rings. The second kappa shape index (κ2) is 9.73. The fourth-order valence-electron chi connectivity index (χ4n) is 3.97. The van der Waals surface area contributed by atoms with Crippen LogP contribution < -0.4 is 5.73 Å². The largest absolute Gasteiger partial charge is 0.455 e. The number of fused-ring (bicyclic) bond motifs is 3. The van der Waals surface area contributed by atoms with Crippen molar-refractivity contribution in [3.63, 3.8) is 0 Å². The van der Waals surface area contributed by atoms with Gasteiger partial charge in [-0.25, -0.2) is 22.4 Å². The molecule has 0 aliphatic rings. The predicted octanol–water partition coefficient (Wildman–Crippen LogP) is 3.12. The predicted molar refractivity (Wildman–Crippen MR) is 138 cm³/mol. The summed E-state index contributed by atoms with van der Waals surface area (Å²) >= 11 is 0. The Balaban J connectivity index is 1.78. The van der Waals surface area contributed by atoms with E-state index in [1.165, 1.54) is 36.9 Å². The van der Waals surface area contributed by atoms with E-state index in [4.69, 9.17) is 15.4 Å². The fraction of sp³-hybridized carbons (Fsp3) is 0.120. The molecule has 5 aromatic rings. The van der Waals surface area contributed by atoms with E-state index in [0.29, 0.717) is 39.5 Å². The van der Waals surface area contributed by atoms with E-state index < -0.39 is 10.0 Å². The summed E-state index contributed by atoms with van der Waals surface area (Å²) in [7, 11) is -3.91. The monoisotopic (exact) mass is 515 g/mol. The topological polar surface area (TPSA) is 165 Å². The van der Waals surface area contributed by atoms with Crippen molar-refractivity contribution in [1.29, 1.82) is 5.26 Å². The van der Waals surface area contributed by atoms with Crippen molar-refractivity contribution in [3.05, 3.63) is 72.9 Å². The number of aromatic nitrogens is 4. The van der Waals surface area contributed by atoms with E-state index in [-0.39, 0.29) is 30.1 Å². The molecule has 4 aromatic heterocycles. The number of aliphatic imine (C=N–C) groups is 1. The Bertz CT molecular complexity index is 1810. The third-order valence-electron chi connectivity index (χ3n) is 5.64. The lowest BCUT2D eigenvalue weighted by Crippen LogP contribution is -2.12. The molecular weight excluding hydrogens is 494 g/mol. The van der Waals surface area contributed by atoms with Crippen LogP contribution in [0.4, 0.5) is 0 Å². The van der Waals surface area contributed by atoms with Gasteiger partial charge in [0, 0.05) is 24.0 Å². The highest BCUT2D eigenvalue weighted by molar-refractivity contribution is 7.90. The van der Waals surface area contributed by atoms with E-state index in [1.807, 2.05) is 6.07 Å². The van der Waals surface area contributed by atoms with Crippen LogP contribution in [0.25, 0.3) is 39.3 Å². The molecule has 4 heterocycles. The maximum absolute atomic E-state index is 13.4. The van der Waals surface area contributed by atoms with Crippen molar-refractivity contribution in [2.45, 2.75) is 17.9 Å². The van der Waals surface area contributed by atoms with Crippen LogP contribution in [-0.4, -0.2) is 44.8 Å². The van der Waals surface area contributed by atoms with E-state index in [1.54, 1.807) is 41.0 Å². The average Bonchev–Trinajstić information content (AvgIpc) is 3.65. The quantitative estimate of drug-likeness (QED) is 0.235. The Kier molecular flexibility index (Phi) is 6.31. The molecule has 0 aliphatic carbocycles. The minimum atomic E-state index is -3.91. The van der Waals surface area contributed by atoms with Crippen LogP contribution >= 0.6 is 0 Å². The van der Waals surface area contributed by atoms with Crippen LogP contribution in [0.2, 0.25) is 0 Å². The molecule has 0 spiro atoms. The Labute approximate surface area is 211 Å². The number of benzene rings is 1. The number of hydrogen-bond acceptors (Lipinski definition) is 9. The second-order valence-corrected chi connectivity index (χ2v) is 9.70. The van der Waals surface area contributed by atoms with Gasteiger partial charge in [0.15, 0.2) is 17.2 Å². The number of nitriles is 1. The lowest BCUT2D eigenvalue weighted by Gasteiger charge is -2.10. The maximum Gasteiger partial charge on any atom is 0.269 e. The first-order chi connectivity index (χ1) is 18.0. The second-order valence-electron chi connectivity index (χ2n) is 7.89. The molecule has 12 heteroatoms. The first-order valence-corrected chi connectivity index (χ1v) is 12.6. The minimum absolute atomic E-state index is 0.128. The molecule has 186 valence electrons. The lowest BCUT2D eigenvalue weighted by molar-refractivity contribution is 0.248. The summed E-state index contributed by atoms with van der Waals surface area (Å²) in [5.74, 6) is 1.05. The van der Waals surface area contributed by atoms with Gasteiger partial charge in [-0.1, -0.05) is 18.2 Å². The maximum atomic E-state index is 13.4. The van der Waals surface area contributed by atoms with Crippen LogP contribution in [0, 0.1) is 11.3 Å². The Morgan fingerprint density at radius 2 is 2.03 bits per heavy atom. The third-order valence-corrected chi connectivity index (χ3v) is 7.32. The van der Waals surface area contributed by atoms with Gasteiger partial charge in [-0.3, -0.25) is 9.56 Å². The van der Waals surface area contributed by atoms with Crippen molar-refractivity contribution in [3.8, 4) is 17.7 Å². The standard InChI is InChI=1S/C25H21N7O4S/c26-10-4-11-28-14-17(13-27)32-23-20-9-12-31(37(34,35)19-5-2-1-3-6-19)24(20)29-15-21(23)30-25(32)22-8-7-18(16-33)36-22/h1-3,5-9,12-15,33H,4,11,16,27H2. The highest BCUT2D eigenvalue weighted by Crippen LogP contribution is 2.34. The van der Waals surface area contributed by atoms with Crippen molar-refractivity contribution >= 4 is 44.0 Å². The highest BCUT2D eigenvalue weighted by Gasteiger charge is 2.24. The van der Waals surface area contributed by atoms with Crippen LogP contribution in [-0.2, 0) is 16.6 Å². The normalized spacial score (nSPS) is 12.6. The average molecular weight is 516 g/mol. The molecule has 0 saturated heterocycles. The zero-order valence-electron chi connectivity index (χ0n) is 19.4. The van der Waals surface area contributed by atoms with Gasteiger partial charge in [0.2, 0.25) is 0 Å². The number of imidazole rings is 1. The van der Waals surface area contributed by atoms with Crippen molar-refractivity contribution < 1.29 is 17.9 Å². The molecule has 0 radical (unpaired) electrons. The first kappa shape index (κ1) is 24.0. The lowest BCUT2D eigenvalue weighted by atomic mass is 10.3. The molecule has 3 N–H and O–H groups in total. The van der Waals surface area contributed by atoms with E-state index in [2.05, 4.69) is 15.0 Å². The fourth-order valence-corrected chi connectivity index (χ4v) is 5.30. The molecule has 0 unspecified atom stereocenters. The minimum Gasteiger partial charge on any atom is -0.455 e. The molecule has 0 aliphatic heterocycles. The van der Waals surface area contributed by atoms with Crippen LogP contribution in [0.15, 0.2) is 81.4 Å². The number of rotatable bonds is 8. The molecule has 0 amide bonds. The number of allylic oxidation sites excluding steroid dienone is 1. The molecule has 0 bridgehead atoms. The summed E-state index contributed by atoms with van der Waals surface area (Å²) in [4.78, 5) is 13.5. The molecule has 37 heavy (non-hydrogen) atoms. The summed E-state index contributed by atoms with van der Waals surface area (Å²) in [6.45, 7) is -0.0185. The van der Waals surface area contributed by atoms with Gasteiger partial charge in [-0.05, 0) is 30.3 Å². The number of aliphatic hydroxyl groups is 1. The number of pyridine rings is 1. The molecule has 1 aromatic carbocycles. The zero-order valence-corrected chi connectivity index (χ0v) is 20.2. The van der Waals surface area contributed by atoms with Gasteiger partial charge >= 0.3 is 0 Å². The molecule has 0 atom stereocenters. The summed E-state index contributed by atoms with van der Waals surface area (Å²) in [6, 6.07) is 15.1. The zero-order chi connectivity index (χ0) is 26.0. The SMILES string of the molecule is N#CCCN=CC(=CN)n1c(-c2ccc(CO)o2)nc2cnc3c(ccn3S(=O)(=O)c3ccccc3)c21. The number of furan rings is 1. The Hall–Kier alpha value is -4.73. The number of nitrogens with two attached hydrogens (primary N) is 1. The molecule has 11 nitrogen and oxygen atoms in total. The summed E-state index contributed by atoms with van der Waals surface area (Å²) in [6.07, 6.45) is 6.01. The molecule has 5 rings (SSSR count). The highest BCUT2D eigenvalue weighted by atomic mass is 32.2. The summed E-state index contributed by atoms with van der Waals surface area (Å²) in [5.41, 5.74) is 7.61. The van der Waals surface area contributed by atoms with Gasteiger partial charge in [-0.2, -0.15) is 5.26 Å². The van der Waals surface area contributed by atoms with Gasteiger partial charge in [0.05, 0.1) is 41.3 Å². The van der Waals surface area contributed by atoms with E-state index in [9.17, 15) is 13.5 Å². The number of hydrogen-bond donors (Lipinski definition) is 2.